The molecule has 41 heavy (non-hydrogen) atoms. The lowest BCUT2D eigenvalue weighted by atomic mass is 10.0. The van der Waals surface area contributed by atoms with Gasteiger partial charge in [0.05, 0.1) is 31.2 Å². The van der Waals surface area contributed by atoms with Crippen molar-refractivity contribution < 1.29 is 37.0 Å². The molecule has 3 aromatic heterocycles. The Labute approximate surface area is 237 Å². The minimum atomic E-state index is -4.80. The smallest absolute Gasteiger partial charge is 0.433 e. The first-order valence-corrected chi connectivity index (χ1v) is 13.4. The Bertz CT molecular complexity index is 1620. The van der Waals surface area contributed by atoms with Crippen LogP contribution in [-0.2, 0) is 15.7 Å². The van der Waals surface area contributed by atoms with Gasteiger partial charge in [0.2, 0.25) is 0 Å². The van der Waals surface area contributed by atoms with Crippen LogP contribution in [0.2, 0.25) is 0 Å². The molecular formula is C28H27F3N4O5S. The highest BCUT2D eigenvalue weighted by Gasteiger charge is 2.36. The molecule has 216 valence electrons. The molecule has 1 amide bonds. The summed E-state index contributed by atoms with van der Waals surface area (Å²) in [5, 5.41) is 6.31. The first-order valence-electron chi connectivity index (χ1n) is 12.6. The predicted octanol–water partition coefficient (Wildman–Crippen LogP) is 6.51. The highest BCUT2D eigenvalue weighted by Crippen LogP contribution is 2.36. The van der Waals surface area contributed by atoms with E-state index in [0.29, 0.717) is 16.5 Å². The molecule has 9 nitrogen and oxygen atoms in total. The summed E-state index contributed by atoms with van der Waals surface area (Å²) < 4.78 is 52.7. The van der Waals surface area contributed by atoms with E-state index in [0.717, 1.165) is 29.2 Å². The number of halogens is 3. The summed E-state index contributed by atoms with van der Waals surface area (Å²) >= 11 is 0.788. The lowest BCUT2D eigenvalue weighted by Crippen LogP contribution is -2.17. The number of ether oxygens (including phenoxy) is 2. The van der Waals surface area contributed by atoms with Crippen LogP contribution in [0.1, 0.15) is 80.3 Å². The van der Waals surface area contributed by atoms with Crippen LogP contribution in [0.5, 0.6) is 0 Å². The number of methoxy groups -OCH3 is 1. The van der Waals surface area contributed by atoms with Gasteiger partial charge in [0.1, 0.15) is 15.4 Å². The number of benzene rings is 1. The largest absolute Gasteiger partial charge is 0.465 e. The minimum Gasteiger partial charge on any atom is -0.465 e. The number of rotatable bonds is 8. The maximum Gasteiger partial charge on any atom is 0.433 e. The van der Waals surface area contributed by atoms with Gasteiger partial charge in [-0.05, 0) is 36.5 Å². The van der Waals surface area contributed by atoms with E-state index in [4.69, 9.17) is 9.47 Å². The van der Waals surface area contributed by atoms with Crippen LogP contribution >= 0.6 is 11.3 Å². The molecule has 0 aliphatic rings. The molecule has 0 saturated carbocycles. The number of nitrogens with zero attached hydrogens (tertiary/aromatic N) is 3. The summed E-state index contributed by atoms with van der Waals surface area (Å²) in [4.78, 5) is 42.9. The number of anilines is 1. The van der Waals surface area contributed by atoms with Gasteiger partial charge in [0.25, 0.3) is 5.91 Å². The zero-order chi connectivity index (χ0) is 30.1. The maximum absolute atomic E-state index is 14.1. The van der Waals surface area contributed by atoms with Gasteiger partial charge in [0, 0.05) is 5.56 Å². The van der Waals surface area contributed by atoms with E-state index in [-0.39, 0.29) is 50.4 Å². The third-order valence-corrected chi connectivity index (χ3v) is 7.45. The lowest BCUT2D eigenvalue weighted by Gasteiger charge is -2.12. The first kappa shape index (κ1) is 29.7. The number of amides is 1. The van der Waals surface area contributed by atoms with Crippen LogP contribution in [0.25, 0.3) is 16.9 Å². The summed E-state index contributed by atoms with van der Waals surface area (Å²) in [6.45, 7) is 7.40. The van der Waals surface area contributed by atoms with Gasteiger partial charge in [-0.2, -0.15) is 18.3 Å². The number of hydrogen-bond acceptors (Lipinski definition) is 8. The highest BCUT2D eigenvalue weighted by molar-refractivity contribution is 7.18. The second kappa shape index (κ2) is 11.7. The van der Waals surface area contributed by atoms with Crippen molar-refractivity contribution >= 4 is 39.8 Å². The molecule has 4 aromatic rings. The summed E-state index contributed by atoms with van der Waals surface area (Å²) in [7, 11) is 1.17. The molecule has 0 fully saturated rings. The molecule has 0 radical (unpaired) electrons. The van der Waals surface area contributed by atoms with Crippen molar-refractivity contribution in [3.8, 4) is 11.3 Å². The molecule has 0 aliphatic carbocycles. The van der Waals surface area contributed by atoms with Gasteiger partial charge in [-0.3, -0.25) is 4.79 Å². The van der Waals surface area contributed by atoms with E-state index >= 15 is 0 Å². The van der Waals surface area contributed by atoms with Gasteiger partial charge >= 0.3 is 18.1 Å². The van der Waals surface area contributed by atoms with E-state index in [1.165, 1.54) is 14.0 Å². The molecule has 13 heteroatoms. The van der Waals surface area contributed by atoms with E-state index in [9.17, 15) is 27.6 Å². The molecule has 0 unspecified atom stereocenters. The van der Waals surface area contributed by atoms with Gasteiger partial charge in [0.15, 0.2) is 11.3 Å². The maximum atomic E-state index is 14.1. The number of nitrogens with one attached hydrogen (secondary N) is 1. The van der Waals surface area contributed by atoms with Crippen molar-refractivity contribution in [2.45, 2.75) is 46.2 Å². The van der Waals surface area contributed by atoms with Crippen LogP contribution in [0.3, 0.4) is 0 Å². The second-order valence-corrected chi connectivity index (χ2v) is 10.5. The van der Waals surface area contributed by atoms with Crippen molar-refractivity contribution in [3.05, 3.63) is 69.4 Å². The van der Waals surface area contributed by atoms with E-state index < -0.39 is 29.7 Å². The van der Waals surface area contributed by atoms with E-state index in [1.807, 2.05) is 13.8 Å². The zero-order valence-corrected chi connectivity index (χ0v) is 23.7. The Kier molecular flexibility index (Phi) is 8.47. The van der Waals surface area contributed by atoms with Crippen LogP contribution in [0.15, 0.2) is 36.5 Å². The summed E-state index contributed by atoms with van der Waals surface area (Å²) in [5.74, 6) is -2.15. The molecule has 1 N–H and O–H groups in total. The minimum absolute atomic E-state index is 0.00143. The lowest BCUT2D eigenvalue weighted by molar-refractivity contribution is -0.142. The standard InChI is InChI=1S/C28H27F3N4O5S/c1-6-11-40-26(37)21-15(4)22(27(38)39-5)41-25(21)34-24(36)18-13-32-35-20(28(29,30)31)12-19(33-23(18)35)17-9-7-16(8-10-17)14(2)3/h7-10,12-14H,6,11H2,1-5H3,(H,34,36). The van der Waals surface area contributed by atoms with Crippen molar-refractivity contribution in [1.82, 2.24) is 14.6 Å². The molecule has 4 rings (SSSR count). The molecule has 0 spiro atoms. The Hall–Kier alpha value is -4.26. The summed E-state index contributed by atoms with van der Waals surface area (Å²) in [6, 6.07) is 7.82. The Morgan fingerprint density at radius 1 is 1.12 bits per heavy atom. The Balaban J connectivity index is 1.81. The third-order valence-electron chi connectivity index (χ3n) is 6.27. The molecule has 0 aliphatic heterocycles. The number of thiophene rings is 1. The summed E-state index contributed by atoms with van der Waals surface area (Å²) in [5.41, 5.74) is -0.113. The first-order chi connectivity index (χ1) is 19.4. The van der Waals surface area contributed by atoms with Crippen molar-refractivity contribution in [3.63, 3.8) is 0 Å². The Morgan fingerprint density at radius 2 is 1.80 bits per heavy atom. The zero-order valence-electron chi connectivity index (χ0n) is 22.9. The number of aromatic nitrogens is 3. The number of alkyl halides is 3. The van der Waals surface area contributed by atoms with Gasteiger partial charge in [-0.1, -0.05) is 45.0 Å². The normalized spacial score (nSPS) is 11.6. The molecule has 0 atom stereocenters. The monoisotopic (exact) mass is 588 g/mol. The highest BCUT2D eigenvalue weighted by atomic mass is 32.1. The SMILES string of the molecule is CCCOC(=O)c1c(NC(=O)c2cnn3c(C(F)(F)F)cc(-c4ccc(C(C)C)cc4)nc23)sc(C(=O)OC)c1C. The average molecular weight is 589 g/mol. The molecule has 3 heterocycles. The molecule has 0 saturated heterocycles. The van der Waals surface area contributed by atoms with Crippen LogP contribution < -0.4 is 5.32 Å². The average Bonchev–Trinajstić information content (AvgIpc) is 3.51. The quantitative estimate of drug-likeness (QED) is 0.234. The van der Waals surface area contributed by atoms with E-state index in [1.54, 1.807) is 31.2 Å². The number of fused-ring (bicyclic) bond motifs is 1. The van der Waals surface area contributed by atoms with Gasteiger partial charge in [-0.25, -0.2) is 19.1 Å². The predicted molar refractivity (Wildman–Crippen MR) is 146 cm³/mol. The number of hydrogen-bond donors (Lipinski definition) is 1. The van der Waals surface area contributed by atoms with Crippen molar-refractivity contribution in [2.75, 3.05) is 19.0 Å². The van der Waals surface area contributed by atoms with Crippen molar-refractivity contribution in [2.24, 2.45) is 0 Å². The molecular weight excluding hydrogens is 561 g/mol. The van der Waals surface area contributed by atoms with E-state index in [2.05, 4.69) is 15.4 Å². The topological polar surface area (TPSA) is 112 Å². The third kappa shape index (κ3) is 5.94. The fourth-order valence-electron chi connectivity index (χ4n) is 4.08. The number of carbonyl (C=O) groups excluding carboxylic acids is 3. The van der Waals surface area contributed by atoms with Crippen LogP contribution in [0, 0.1) is 6.92 Å². The fourth-order valence-corrected chi connectivity index (χ4v) is 5.19. The van der Waals surface area contributed by atoms with Crippen molar-refractivity contribution in [1.29, 1.82) is 0 Å². The van der Waals surface area contributed by atoms with Crippen LogP contribution in [-0.4, -0.2) is 46.2 Å². The van der Waals surface area contributed by atoms with Crippen LogP contribution in [0.4, 0.5) is 18.2 Å². The molecule has 0 bridgehead atoms. The molecule has 1 aromatic carbocycles. The summed E-state index contributed by atoms with van der Waals surface area (Å²) in [6.07, 6.45) is -3.29. The second-order valence-electron chi connectivity index (χ2n) is 9.44. The fraction of sp³-hybridized carbons (Fsp3) is 0.321. The Morgan fingerprint density at radius 3 is 2.39 bits per heavy atom. The number of carbonyl (C=O) groups is 3. The van der Waals surface area contributed by atoms with Gasteiger partial charge in [-0.15, -0.1) is 11.3 Å². The number of esters is 2. The van der Waals surface area contributed by atoms with Gasteiger partial charge < -0.3 is 14.8 Å².